The second-order valence-corrected chi connectivity index (χ2v) is 5.88. The van der Waals surface area contributed by atoms with Crippen molar-refractivity contribution in [1.82, 2.24) is 19.9 Å². The number of aromatic nitrogens is 3. The highest BCUT2D eigenvalue weighted by atomic mass is 19.1. The smallest absolute Gasteiger partial charge is 0.308 e. The predicted molar refractivity (Wildman–Crippen MR) is 81.9 cm³/mol. The van der Waals surface area contributed by atoms with Crippen LogP contribution in [0.3, 0.4) is 0 Å². The molecule has 1 unspecified atom stereocenters. The summed E-state index contributed by atoms with van der Waals surface area (Å²) < 4.78 is 14.5. The van der Waals surface area contributed by atoms with Crippen molar-refractivity contribution in [2.24, 2.45) is 5.92 Å². The molecule has 1 N–H and O–H groups in total. The van der Waals surface area contributed by atoms with Crippen LogP contribution < -0.4 is 0 Å². The van der Waals surface area contributed by atoms with Crippen molar-refractivity contribution in [3.63, 3.8) is 0 Å². The van der Waals surface area contributed by atoms with Crippen LogP contribution in [-0.2, 0) is 11.3 Å². The van der Waals surface area contributed by atoms with Gasteiger partial charge >= 0.3 is 5.97 Å². The van der Waals surface area contributed by atoms with Gasteiger partial charge in [-0.3, -0.25) is 9.59 Å². The number of rotatable bonds is 4. The summed E-state index contributed by atoms with van der Waals surface area (Å²) >= 11 is 0. The third kappa shape index (κ3) is 3.12. The van der Waals surface area contributed by atoms with Crippen molar-refractivity contribution < 1.29 is 19.1 Å². The van der Waals surface area contributed by atoms with Crippen LogP contribution in [0, 0.1) is 18.7 Å². The lowest BCUT2D eigenvalue weighted by molar-refractivity contribution is -0.141. The summed E-state index contributed by atoms with van der Waals surface area (Å²) in [5, 5.41) is 17.0. The SMILES string of the molecule is Cc1c(C(=O)N2CCC(C(=O)O)C2)nnn1Cc1ccc(F)cc1. The molecule has 0 aliphatic carbocycles. The van der Waals surface area contributed by atoms with E-state index in [1.165, 1.54) is 17.0 Å². The first-order valence-electron chi connectivity index (χ1n) is 7.62. The van der Waals surface area contributed by atoms with Crippen LogP contribution in [0.1, 0.15) is 28.2 Å². The Morgan fingerprint density at radius 2 is 2.04 bits per heavy atom. The fourth-order valence-corrected chi connectivity index (χ4v) is 2.77. The highest BCUT2D eigenvalue weighted by molar-refractivity contribution is 5.93. The third-order valence-corrected chi connectivity index (χ3v) is 4.26. The number of carboxylic acids is 1. The van der Waals surface area contributed by atoms with E-state index in [-0.39, 0.29) is 24.0 Å². The fraction of sp³-hybridized carbons (Fsp3) is 0.375. The summed E-state index contributed by atoms with van der Waals surface area (Å²) in [6, 6.07) is 6.03. The minimum absolute atomic E-state index is 0.193. The van der Waals surface area contributed by atoms with Gasteiger partial charge < -0.3 is 10.0 Å². The average Bonchev–Trinajstić information content (AvgIpc) is 3.17. The van der Waals surface area contributed by atoms with Crippen LogP contribution in [0.4, 0.5) is 4.39 Å². The highest BCUT2D eigenvalue weighted by Gasteiger charge is 2.33. The van der Waals surface area contributed by atoms with Crippen LogP contribution in [-0.4, -0.2) is 50.0 Å². The first kappa shape index (κ1) is 16.1. The first-order valence-corrected chi connectivity index (χ1v) is 7.62. The van der Waals surface area contributed by atoms with E-state index in [0.29, 0.717) is 25.2 Å². The molecule has 126 valence electrons. The lowest BCUT2D eigenvalue weighted by Crippen LogP contribution is -2.30. The quantitative estimate of drug-likeness (QED) is 0.912. The van der Waals surface area contributed by atoms with Gasteiger partial charge in [-0.05, 0) is 31.0 Å². The number of benzene rings is 1. The molecule has 1 aromatic carbocycles. The Bertz CT molecular complexity index is 772. The van der Waals surface area contributed by atoms with Crippen molar-refractivity contribution >= 4 is 11.9 Å². The second kappa shape index (κ2) is 6.38. The average molecular weight is 332 g/mol. The highest BCUT2D eigenvalue weighted by Crippen LogP contribution is 2.19. The van der Waals surface area contributed by atoms with E-state index in [1.807, 2.05) is 0 Å². The van der Waals surface area contributed by atoms with E-state index in [4.69, 9.17) is 5.11 Å². The maximum absolute atomic E-state index is 12.9. The van der Waals surface area contributed by atoms with E-state index >= 15 is 0 Å². The summed E-state index contributed by atoms with van der Waals surface area (Å²) in [7, 11) is 0. The van der Waals surface area contributed by atoms with Crippen molar-refractivity contribution in [3.05, 3.63) is 47.0 Å². The van der Waals surface area contributed by atoms with Gasteiger partial charge in [0.1, 0.15) is 5.82 Å². The van der Waals surface area contributed by atoms with Crippen molar-refractivity contribution in [2.75, 3.05) is 13.1 Å². The number of nitrogens with zero attached hydrogens (tertiary/aromatic N) is 4. The molecule has 1 aliphatic heterocycles. The van der Waals surface area contributed by atoms with Gasteiger partial charge in [0.05, 0.1) is 18.2 Å². The van der Waals surface area contributed by atoms with Gasteiger partial charge in [-0.25, -0.2) is 9.07 Å². The first-order chi connectivity index (χ1) is 11.5. The number of hydrogen-bond donors (Lipinski definition) is 1. The van der Waals surface area contributed by atoms with Gasteiger partial charge in [-0.1, -0.05) is 17.3 Å². The Balaban J connectivity index is 1.74. The van der Waals surface area contributed by atoms with Gasteiger partial charge in [-0.2, -0.15) is 0 Å². The molecule has 1 fully saturated rings. The van der Waals surface area contributed by atoms with Gasteiger partial charge in [0, 0.05) is 13.1 Å². The molecule has 3 rings (SSSR count). The van der Waals surface area contributed by atoms with E-state index in [2.05, 4.69) is 10.3 Å². The van der Waals surface area contributed by atoms with Gasteiger partial charge in [0.15, 0.2) is 5.69 Å². The Kier molecular flexibility index (Phi) is 4.28. The summed E-state index contributed by atoms with van der Waals surface area (Å²) in [6.45, 7) is 2.71. The Morgan fingerprint density at radius 1 is 1.33 bits per heavy atom. The van der Waals surface area contributed by atoms with E-state index in [1.54, 1.807) is 23.7 Å². The van der Waals surface area contributed by atoms with E-state index < -0.39 is 11.9 Å². The number of carboxylic acid groups (broad SMARTS) is 1. The molecule has 0 spiro atoms. The monoisotopic (exact) mass is 332 g/mol. The van der Waals surface area contributed by atoms with Gasteiger partial charge in [0.2, 0.25) is 0 Å². The molecule has 1 aromatic heterocycles. The fourth-order valence-electron chi connectivity index (χ4n) is 2.77. The molecule has 0 saturated carbocycles. The molecule has 0 radical (unpaired) electrons. The van der Waals surface area contributed by atoms with Crippen LogP contribution in [0.2, 0.25) is 0 Å². The maximum atomic E-state index is 12.9. The third-order valence-electron chi connectivity index (χ3n) is 4.26. The van der Waals surface area contributed by atoms with Gasteiger partial charge in [0.25, 0.3) is 5.91 Å². The van der Waals surface area contributed by atoms with Crippen LogP contribution >= 0.6 is 0 Å². The molecule has 2 aromatic rings. The number of aliphatic carboxylic acids is 1. The second-order valence-electron chi connectivity index (χ2n) is 5.88. The number of likely N-dealkylation sites (tertiary alicyclic amines) is 1. The molecule has 8 heteroatoms. The van der Waals surface area contributed by atoms with E-state index in [0.717, 1.165) is 5.56 Å². The molecular weight excluding hydrogens is 315 g/mol. The molecule has 7 nitrogen and oxygen atoms in total. The normalized spacial score (nSPS) is 17.2. The summed E-state index contributed by atoms with van der Waals surface area (Å²) in [4.78, 5) is 25.0. The minimum Gasteiger partial charge on any atom is -0.481 e. The summed E-state index contributed by atoms with van der Waals surface area (Å²) in [6.07, 6.45) is 0.448. The largest absolute Gasteiger partial charge is 0.481 e. The molecule has 1 atom stereocenters. The number of amides is 1. The molecule has 24 heavy (non-hydrogen) atoms. The Hall–Kier alpha value is -2.77. The standard InChI is InChI=1S/C16H17FN4O3/c1-10-14(15(22)20-7-6-12(9-20)16(23)24)18-19-21(10)8-11-2-4-13(17)5-3-11/h2-5,12H,6-9H2,1H3,(H,23,24). The number of carbonyl (C=O) groups excluding carboxylic acids is 1. The molecule has 0 bridgehead atoms. The number of carbonyl (C=O) groups is 2. The molecule has 1 aliphatic rings. The van der Waals surface area contributed by atoms with Crippen molar-refractivity contribution in [3.8, 4) is 0 Å². The van der Waals surface area contributed by atoms with Gasteiger partial charge in [-0.15, -0.1) is 5.10 Å². The zero-order valence-electron chi connectivity index (χ0n) is 13.1. The number of hydrogen-bond acceptors (Lipinski definition) is 4. The molecule has 1 amide bonds. The van der Waals surface area contributed by atoms with Crippen molar-refractivity contribution in [2.45, 2.75) is 19.9 Å². The molecule has 1 saturated heterocycles. The summed E-state index contributed by atoms with van der Waals surface area (Å²) in [5.74, 6) is -2.03. The predicted octanol–water partition coefficient (Wildman–Crippen LogP) is 1.32. The van der Waals surface area contributed by atoms with Crippen LogP contribution in [0.5, 0.6) is 0 Å². The lowest BCUT2D eigenvalue weighted by atomic mass is 10.1. The maximum Gasteiger partial charge on any atom is 0.308 e. The van der Waals surface area contributed by atoms with Crippen LogP contribution in [0.25, 0.3) is 0 Å². The van der Waals surface area contributed by atoms with E-state index in [9.17, 15) is 14.0 Å². The number of halogens is 1. The molecule has 2 heterocycles. The zero-order valence-corrected chi connectivity index (χ0v) is 13.1. The molecular formula is C16H17FN4O3. The Morgan fingerprint density at radius 3 is 2.67 bits per heavy atom. The van der Waals surface area contributed by atoms with Crippen molar-refractivity contribution in [1.29, 1.82) is 0 Å². The van der Waals surface area contributed by atoms with Crippen LogP contribution in [0.15, 0.2) is 24.3 Å². The topological polar surface area (TPSA) is 88.3 Å². The minimum atomic E-state index is -0.887. The lowest BCUT2D eigenvalue weighted by Gasteiger charge is -2.14. The Labute approximate surface area is 137 Å². The summed E-state index contributed by atoms with van der Waals surface area (Å²) in [5.41, 5.74) is 1.67. The zero-order chi connectivity index (χ0) is 17.3.